The van der Waals surface area contributed by atoms with Gasteiger partial charge < -0.3 is 10.4 Å². The Labute approximate surface area is 82.2 Å². The number of benzene rings is 1. The van der Waals surface area contributed by atoms with Crippen LogP contribution in [-0.4, -0.2) is 16.8 Å². The molecule has 0 aliphatic carbocycles. The van der Waals surface area contributed by atoms with Crippen LogP contribution in [0.15, 0.2) is 18.2 Å². The third kappa shape index (κ3) is 2.66. The van der Waals surface area contributed by atoms with E-state index in [2.05, 4.69) is 17.9 Å². The lowest BCUT2D eigenvalue weighted by Gasteiger charge is -2.04. The Morgan fingerprint density at radius 1 is 1.62 bits per heavy atom. The van der Waals surface area contributed by atoms with Gasteiger partial charge in [-0.05, 0) is 18.6 Å². The number of rotatable bonds is 2. The molecule has 0 atom stereocenters. The fraction of sp³-hybridized carbons (Fsp3) is 0.222. The molecule has 1 amide bonds. The standard InChI is InChI=1S/C9H11NO2S/c1-6-2-3-7(4-8(6)11)10-9(12)5-13/h2-4,11,13H,5H2,1H3,(H,10,12). The van der Waals surface area contributed by atoms with Gasteiger partial charge in [0.2, 0.25) is 5.91 Å². The van der Waals surface area contributed by atoms with Gasteiger partial charge in [-0.15, -0.1) is 0 Å². The fourth-order valence-electron chi connectivity index (χ4n) is 0.888. The molecule has 0 spiro atoms. The molecule has 0 heterocycles. The second-order valence-electron chi connectivity index (χ2n) is 2.71. The van der Waals surface area contributed by atoms with Crippen LogP contribution in [0.4, 0.5) is 5.69 Å². The molecule has 2 N–H and O–H groups in total. The van der Waals surface area contributed by atoms with Gasteiger partial charge in [0.05, 0.1) is 5.75 Å². The number of carbonyl (C=O) groups is 1. The first-order chi connectivity index (χ1) is 6.13. The van der Waals surface area contributed by atoms with E-state index in [0.717, 1.165) is 5.56 Å². The van der Waals surface area contributed by atoms with E-state index >= 15 is 0 Å². The Balaban J connectivity index is 2.79. The van der Waals surface area contributed by atoms with Crippen LogP contribution in [0.5, 0.6) is 5.75 Å². The minimum absolute atomic E-state index is 0.134. The Hall–Kier alpha value is -1.16. The summed E-state index contributed by atoms with van der Waals surface area (Å²) in [6.07, 6.45) is 0. The van der Waals surface area contributed by atoms with E-state index in [0.29, 0.717) is 5.69 Å². The summed E-state index contributed by atoms with van der Waals surface area (Å²) >= 11 is 3.82. The smallest absolute Gasteiger partial charge is 0.234 e. The summed E-state index contributed by atoms with van der Waals surface area (Å²) in [7, 11) is 0. The van der Waals surface area contributed by atoms with Crippen molar-refractivity contribution >= 4 is 24.2 Å². The van der Waals surface area contributed by atoms with Gasteiger partial charge in [-0.25, -0.2) is 0 Å². The summed E-state index contributed by atoms with van der Waals surface area (Å²) in [6, 6.07) is 4.98. The van der Waals surface area contributed by atoms with Crippen LogP contribution in [-0.2, 0) is 4.79 Å². The number of aromatic hydroxyl groups is 1. The maximum Gasteiger partial charge on any atom is 0.234 e. The molecule has 0 radical (unpaired) electrons. The van der Waals surface area contributed by atoms with Crippen molar-refractivity contribution < 1.29 is 9.90 Å². The van der Waals surface area contributed by atoms with Crippen molar-refractivity contribution in [2.75, 3.05) is 11.1 Å². The van der Waals surface area contributed by atoms with E-state index < -0.39 is 0 Å². The average Bonchev–Trinajstić information content (AvgIpc) is 2.11. The highest BCUT2D eigenvalue weighted by atomic mass is 32.1. The summed E-state index contributed by atoms with van der Waals surface area (Å²) < 4.78 is 0. The number of aryl methyl sites for hydroxylation is 1. The summed E-state index contributed by atoms with van der Waals surface area (Å²) in [4.78, 5) is 10.9. The highest BCUT2D eigenvalue weighted by Gasteiger charge is 2.01. The minimum Gasteiger partial charge on any atom is -0.508 e. The topological polar surface area (TPSA) is 49.3 Å². The van der Waals surface area contributed by atoms with E-state index in [1.165, 1.54) is 6.07 Å². The highest BCUT2D eigenvalue weighted by molar-refractivity contribution is 7.81. The second-order valence-corrected chi connectivity index (χ2v) is 3.02. The summed E-state index contributed by atoms with van der Waals surface area (Å²) in [6.45, 7) is 1.79. The second kappa shape index (κ2) is 4.18. The maximum absolute atomic E-state index is 10.9. The number of nitrogens with one attached hydrogen (secondary N) is 1. The molecule has 0 fully saturated rings. The van der Waals surface area contributed by atoms with Gasteiger partial charge in [0.15, 0.2) is 0 Å². The van der Waals surface area contributed by atoms with E-state index in [9.17, 15) is 9.90 Å². The molecule has 0 saturated carbocycles. The summed E-state index contributed by atoms with van der Waals surface area (Å²) in [5, 5.41) is 11.9. The van der Waals surface area contributed by atoms with Crippen LogP contribution in [0.1, 0.15) is 5.56 Å². The molecule has 0 aliphatic rings. The SMILES string of the molecule is Cc1ccc(NC(=O)CS)cc1O. The largest absolute Gasteiger partial charge is 0.508 e. The fourth-order valence-corrected chi connectivity index (χ4v) is 0.967. The van der Waals surface area contributed by atoms with E-state index in [1.54, 1.807) is 19.1 Å². The minimum atomic E-state index is -0.188. The quantitative estimate of drug-likeness (QED) is 0.630. The van der Waals surface area contributed by atoms with Gasteiger partial charge in [-0.3, -0.25) is 4.79 Å². The Morgan fingerprint density at radius 3 is 2.85 bits per heavy atom. The van der Waals surface area contributed by atoms with Crippen molar-refractivity contribution in [2.24, 2.45) is 0 Å². The van der Waals surface area contributed by atoms with E-state index in [4.69, 9.17) is 0 Å². The number of hydrogen-bond acceptors (Lipinski definition) is 3. The zero-order valence-corrected chi connectivity index (χ0v) is 8.14. The lowest BCUT2D eigenvalue weighted by molar-refractivity contribution is -0.113. The first-order valence-electron chi connectivity index (χ1n) is 3.84. The van der Waals surface area contributed by atoms with Gasteiger partial charge in [0, 0.05) is 11.8 Å². The van der Waals surface area contributed by atoms with Crippen LogP contribution in [0.3, 0.4) is 0 Å². The monoisotopic (exact) mass is 197 g/mol. The normalized spacial score (nSPS) is 9.69. The molecule has 13 heavy (non-hydrogen) atoms. The van der Waals surface area contributed by atoms with Crippen LogP contribution in [0.2, 0.25) is 0 Å². The lowest BCUT2D eigenvalue weighted by atomic mass is 10.2. The summed E-state index contributed by atoms with van der Waals surface area (Å²) in [5.41, 5.74) is 1.37. The number of hydrogen-bond donors (Lipinski definition) is 3. The predicted molar refractivity (Wildman–Crippen MR) is 55.3 cm³/mol. The van der Waals surface area contributed by atoms with Gasteiger partial charge >= 0.3 is 0 Å². The van der Waals surface area contributed by atoms with Crippen molar-refractivity contribution in [3.8, 4) is 5.75 Å². The van der Waals surface area contributed by atoms with Gasteiger partial charge in [0.25, 0.3) is 0 Å². The van der Waals surface area contributed by atoms with Gasteiger partial charge in [0.1, 0.15) is 5.75 Å². The number of thiol groups is 1. The molecule has 0 aromatic heterocycles. The van der Waals surface area contributed by atoms with Crippen molar-refractivity contribution in [3.63, 3.8) is 0 Å². The van der Waals surface area contributed by atoms with Crippen LogP contribution >= 0.6 is 12.6 Å². The zero-order valence-electron chi connectivity index (χ0n) is 7.24. The number of amides is 1. The van der Waals surface area contributed by atoms with Crippen molar-refractivity contribution in [1.29, 1.82) is 0 Å². The van der Waals surface area contributed by atoms with Gasteiger partial charge in [-0.1, -0.05) is 6.07 Å². The molecule has 0 saturated heterocycles. The van der Waals surface area contributed by atoms with E-state index in [-0.39, 0.29) is 17.4 Å². The number of carbonyl (C=O) groups excluding carboxylic acids is 1. The van der Waals surface area contributed by atoms with Crippen LogP contribution in [0, 0.1) is 6.92 Å². The molecule has 1 aromatic rings. The molecule has 3 nitrogen and oxygen atoms in total. The molecule has 1 aromatic carbocycles. The third-order valence-electron chi connectivity index (χ3n) is 1.64. The molecular weight excluding hydrogens is 186 g/mol. The van der Waals surface area contributed by atoms with Crippen molar-refractivity contribution in [1.82, 2.24) is 0 Å². The van der Waals surface area contributed by atoms with Gasteiger partial charge in [-0.2, -0.15) is 12.6 Å². The Kier molecular flexibility index (Phi) is 3.19. The molecule has 70 valence electrons. The average molecular weight is 197 g/mol. The molecule has 1 rings (SSSR count). The van der Waals surface area contributed by atoms with Crippen LogP contribution < -0.4 is 5.32 Å². The zero-order chi connectivity index (χ0) is 9.84. The Morgan fingerprint density at radius 2 is 2.31 bits per heavy atom. The molecular formula is C9H11NO2S. The van der Waals surface area contributed by atoms with Crippen LogP contribution in [0.25, 0.3) is 0 Å². The highest BCUT2D eigenvalue weighted by Crippen LogP contribution is 2.20. The van der Waals surface area contributed by atoms with Crippen molar-refractivity contribution in [2.45, 2.75) is 6.92 Å². The third-order valence-corrected chi connectivity index (χ3v) is 1.92. The Bertz CT molecular complexity index is 325. The predicted octanol–water partition coefficient (Wildman–Crippen LogP) is 1.57. The first kappa shape index (κ1) is 9.92. The first-order valence-corrected chi connectivity index (χ1v) is 4.47. The molecule has 0 bridgehead atoms. The maximum atomic E-state index is 10.9. The van der Waals surface area contributed by atoms with E-state index in [1.807, 2.05) is 0 Å². The number of phenols is 1. The molecule has 0 unspecified atom stereocenters. The molecule has 4 heteroatoms. The summed E-state index contributed by atoms with van der Waals surface area (Å²) in [5.74, 6) is 0.123. The molecule has 0 aliphatic heterocycles. The number of anilines is 1. The lowest BCUT2D eigenvalue weighted by Crippen LogP contribution is -2.12. The number of phenolic OH excluding ortho intramolecular Hbond substituents is 1. The van der Waals surface area contributed by atoms with Crippen molar-refractivity contribution in [3.05, 3.63) is 23.8 Å².